The summed E-state index contributed by atoms with van der Waals surface area (Å²) in [5.41, 5.74) is 1.95. The molecule has 1 aromatic carbocycles. The molecule has 4 rings (SSSR count). The summed E-state index contributed by atoms with van der Waals surface area (Å²) < 4.78 is 0. The van der Waals surface area contributed by atoms with Crippen molar-refractivity contribution in [2.24, 2.45) is 5.92 Å². The second-order valence-electron chi connectivity index (χ2n) is 9.68. The van der Waals surface area contributed by atoms with Crippen LogP contribution in [0.25, 0.3) is 0 Å². The van der Waals surface area contributed by atoms with Crippen LogP contribution in [0, 0.1) is 5.92 Å². The van der Waals surface area contributed by atoms with Crippen LogP contribution in [0.4, 0.5) is 5.69 Å². The fraction of sp³-hybridized carbons (Fsp3) is 0.680. The quantitative estimate of drug-likeness (QED) is 0.655. The molecule has 170 valence electrons. The van der Waals surface area contributed by atoms with Crippen molar-refractivity contribution >= 4 is 17.4 Å². The molecule has 2 heterocycles. The Morgan fingerprint density at radius 2 is 1.48 bits per heavy atom. The lowest BCUT2D eigenvalue weighted by Crippen LogP contribution is -2.55. The van der Waals surface area contributed by atoms with E-state index in [9.17, 15) is 9.59 Å². The van der Waals surface area contributed by atoms with Crippen molar-refractivity contribution in [3.05, 3.63) is 29.8 Å². The van der Waals surface area contributed by atoms with E-state index >= 15 is 0 Å². The molecule has 1 aromatic rings. The van der Waals surface area contributed by atoms with Gasteiger partial charge in [0.2, 0.25) is 5.91 Å². The van der Waals surface area contributed by atoms with Gasteiger partial charge in [0.05, 0.1) is 6.54 Å². The van der Waals surface area contributed by atoms with Gasteiger partial charge in [-0.1, -0.05) is 26.7 Å². The molecule has 1 saturated carbocycles. The van der Waals surface area contributed by atoms with E-state index in [0.29, 0.717) is 6.54 Å². The summed E-state index contributed by atoms with van der Waals surface area (Å²) >= 11 is 0. The number of benzene rings is 1. The van der Waals surface area contributed by atoms with Crippen molar-refractivity contribution in [1.29, 1.82) is 0 Å². The lowest BCUT2D eigenvalue weighted by atomic mass is 10.0. The van der Waals surface area contributed by atoms with Crippen LogP contribution in [0.2, 0.25) is 0 Å². The number of piperazine rings is 2. The molecule has 0 atom stereocenters. The summed E-state index contributed by atoms with van der Waals surface area (Å²) in [4.78, 5) is 34.3. The Kier molecular flexibility index (Phi) is 7.28. The van der Waals surface area contributed by atoms with Crippen molar-refractivity contribution in [3.8, 4) is 0 Å². The maximum absolute atomic E-state index is 12.8. The number of nitrogens with zero attached hydrogens (tertiary/aromatic N) is 4. The van der Waals surface area contributed by atoms with Gasteiger partial charge in [-0.2, -0.15) is 0 Å². The highest BCUT2D eigenvalue weighted by molar-refractivity contribution is 5.97. The van der Waals surface area contributed by atoms with Gasteiger partial charge in [0.15, 0.2) is 5.78 Å². The normalized spacial score (nSPS) is 21.8. The fourth-order valence-electron chi connectivity index (χ4n) is 5.23. The number of rotatable bonds is 6. The first-order valence-electron chi connectivity index (χ1n) is 12.1. The predicted molar refractivity (Wildman–Crippen MR) is 125 cm³/mol. The zero-order valence-electron chi connectivity index (χ0n) is 19.3. The third-order valence-electron chi connectivity index (χ3n) is 7.28. The minimum absolute atomic E-state index is 0.0256. The van der Waals surface area contributed by atoms with Gasteiger partial charge in [0.1, 0.15) is 0 Å². The van der Waals surface area contributed by atoms with E-state index in [4.69, 9.17) is 0 Å². The molecule has 3 fully saturated rings. The van der Waals surface area contributed by atoms with Crippen LogP contribution in [0.15, 0.2) is 24.3 Å². The highest BCUT2D eigenvalue weighted by atomic mass is 16.2. The average molecular weight is 427 g/mol. The summed E-state index contributed by atoms with van der Waals surface area (Å²) in [5.74, 6) is 0.507. The van der Waals surface area contributed by atoms with Gasteiger partial charge < -0.3 is 9.80 Å². The molecule has 0 aromatic heterocycles. The molecule has 6 nitrogen and oxygen atoms in total. The summed E-state index contributed by atoms with van der Waals surface area (Å²) in [7, 11) is 0. The van der Waals surface area contributed by atoms with Gasteiger partial charge in [-0.05, 0) is 37.1 Å². The van der Waals surface area contributed by atoms with E-state index in [-0.39, 0.29) is 17.6 Å². The second-order valence-corrected chi connectivity index (χ2v) is 9.68. The highest BCUT2D eigenvalue weighted by Crippen LogP contribution is 2.24. The first-order valence-corrected chi connectivity index (χ1v) is 12.1. The van der Waals surface area contributed by atoms with E-state index in [1.165, 1.54) is 25.7 Å². The van der Waals surface area contributed by atoms with Gasteiger partial charge in [0.25, 0.3) is 0 Å². The van der Waals surface area contributed by atoms with E-state index in [0.717, 1.165) is 69.7 Å². The van der Waals surface area contributed by atoms with Gasteiger partial charge in [0, 0.05) is 75.6 Å². The van der Waals surface area contributed by atoms with E-state index in [1.807, 2.05) is 26.0 Å². The van der Waals surface area contributed by atoms with Crippen LogP contribution in [-0.2, 0) is 4.79 Å². The molecule has 0 radical (unpaired) electrons. The molecule has 2 aliphatic heterocycles. The number of ketones is 1. The van der Waals surface area contributed by atoms with Crippen LogP contribution in [-0.4, -0.2) is 91.3 Å². The van der Waals surface area contributed by atoms with Gasteiger partial charge >= 0.3 is 0 Å². The van der Waals surface area contributed by atoms with Crippen LogP contribution in [0.3, 0.4) is 0 Å². The number of anilines is 1. The summed E-state index contributed by atoms with van der Waals surface area (Å²) in [6, 6.07) is 8.76. The summed E-state index contributed by atoms with van der Waals surface area (Å²) in [6.45, 7) is 11.9. The highest BCUT2D eigenvalue weighted by Gasteiger charge is 2.29. The van der Waals surface area contributed by atoms with E-state index < -0.39 is 0 Å². The topological polar surface area (TPSA) is 47.1 Å². The van der Waals surface area contributed by atoms with Crippen molar-refractivity contribution < 1.29 is 9.59 Å². The number of carbonyl (C=O) groups excluding carboxylic acids is 2. The second kappa shape index (κ2) is 10.1. The minimum Gasteiger partial charge on any atom is -0.369 e. The van der Waals surface area contributed by atoms with Crippen LogP contribution < -0.4 is 4.90 Å². The van der Waals surface area contributed by atoms with Gasteiger partial charge in [-0.15, -0.1) is 0 Å². The van der Waals surface area contributed by atoms with Crippen molar-refractivity contribution in [2.75, 3.05) is 63.8 Å². The molecule has 1 aliphatic carbocycles. The van der Waals surface area contributed by atoms with Crippen molar-refractivity contribution in [3.63, 3.8) is 0 Å². The first-order chi connectivity index (χ1) is 15.0. The standard InChI is InChI=1S/C25H38N4O2/c1-20(2)25(31)21-7-9-23(10-8-21)27-13-11-26(12-14-27)19-24(30)29-17-15-28(16-18-29)22-5-3-4-6-22/h7-10,20,22H,3-6,11-19H2,1-2H3. The molecule has 3 aliphatic rings. The molecular weight excluding hydrogens is 388 g/mol. The Morgan fingerprint density at radius 3 is 2.06 bits per heavy atom. The third kappa shape index (κ3) is 5.47. The lowest BCUT2D eigenvalue weighted by molar-refractivity contribution is -0.134. The fourth-order valence-corrected chi connectivity index (χ4v) is 5.23. The molecule has 0 N–H and O–H groups in total. The van der Waals surface area contributed by atoms with Crippen molar-refractivity contribution in [1.82, 2.24) is 14.7 Å². The number of carbonyl (C=O) groups is 2. The van der Waals surface area contributed by atoms with Crippen LogP contribution in [0.5, 0.6) is 0 Å². The number of amides is 1. The lowest BCUT2D eigenvalue weighted by Gasteiger charge is -2.40. The average Bonchev–Trinajstić information content (AvgIpc) is 3.34. The Hall–Kier alpha value is -1.92. The first kappa shape index (κ1) is 22.3. The van der Waals surface area contributed by atoms with Gasteiger partial charge in [-0.25, -0.2) is 0 Å². The maximum atomic E-state index is 12.8. The van der Waals surface area contributed by atoms with E-state index in [1.54, 1.807) is 0 Å². The molecule has 0 spiro atoms. The SMILES string of the molecule is CC(C)C(=O)c1ccc(N2CCN(CC(=O)N3CCN(C4CCCC4)CC3)CC2)cc1. The third-order valence-corrected chi connectivity index (χ3v) is 7.28. The smallest absolute Gasteiger partial charge is 0.236 e. The molecular formula is C25H38N4O2. The zero-order chi connectivity index (χ0) is 21.8. The summed E-state index contributed by atoms with van der Waals surface area (Å²) in [6.07, 6.45) is 5.43. The Bertz CT molecular complexity index is 741. The van der Waals surface area contributed by atoms with E-state index in [2.05, 4.69) is 31.7 Å². The van der Waals surface area contributed by atoms with Gasteiger partial charge in [-0.3, -0.25) is 19.4 Å². The maximum Gasteiger partial charge on any atom is 0.236 e. The zero-order valence-corrected chi connectivity index (χ0v) is 19.3. The molecule has 6 heteroatoms. The minimum atomic E-state index is 0.0256. The largest absolute Gasteiger partial charge is 0.369 e. The Labute approximate surface area is 187 Å². The Morgan fingerprint density at radius 1 is 0.871 bits per heavy atom. The molecule has 0 unspecified atom stereocenters. The molecule has 1 amide bonds. The van der Waals surface area contributed by atoms with Crippen LogP contribution >= 0.6 is 0 Å². The number of hydrogen-bond donors (Lipinski definition) is 0. The molecule has 2 saturated heterocycles. The Balaban J connectivity index is 1.20. The van der Waals surface area contributed by atoms with Crippen molar-refractivity contribution in [2.45, 2.75) is 45.6 Å². The summed E-state index contributed by atoms with van der Waals surface area (Å²) in [5, 5.41) is 0. The molecule has 31 heavy (non-hydrogen) atoms. The number of hydrogen-bond acceptors (Lipinski definition) is 5. The monoisotopic (exact) mass is 426 g/mol. The predicted octanol–water partition coefficient (Wildman–Crippen LogP) is 2.73. The number of Topliss-reactive ketones (excluding diaryl/α,β-unsaturated/α-hetero) is 1. The van der Waals surface area contributed by atoms with Crippen LogP contribution in [0.1, 0.15) is 49.9 Å². The molecule has 0 bridgehead atoms.